The van der Waals surface area contributed by atoms with Crippen molar-refractivity contribution in [3.63, 3.8) is 0 Å². The van der Waals surface area contributed by atoms with Crippen molar-refractivity contribution in [2.24, 2.45) is 5.92 Å². The van der Waals surface area contributed by atoms with Gasteiger partial charge in [-0.2, -0.15) is 5.26 Å². The summed E-state index contributed by atoms with van der Waals surface area (Å²) in [4.78, 5) is 24.5. The van der Waals surface area contributed by atoms with Crippen molar-refractivity contribution in [2.75, 3.05) is 19.7 Å². The number of carboxylic acid groups (broad SMARTS) is 1. The summed E-state index contributed by atoms with van der Waals surface area (Å²) in [6.45, 7) is 0.717. The largest absolute Gasteiger partial charge is 0.482 e. The summed E-state index contributed by atoms with van der Waals surface area (Å²) in [5.74, 6) is -0.976. The van der Waals surface area contributed by atoms with Crippen LogP contribution in [0, 0.1) is 17.2 Å². The van der Waals surface area contributed by atoms with Crippen molar-refractivity contribution in [2.45, 2.75) is 12.8 Å². The summed E-state index contributed by atoms with van der Waals surface area (Å²) in [5, 5.41) is 17.8. The molecule has 1 aliphatic heterocycles. The van der Waals surface area contributed by atoms with Crippen LogP contribution >= 0.6 is 0 Å². The van der Waals surface area contributed by atoms with Gasteiger partial charge in [0.15, 0.2) is 6.61 Å². The normalized spacial score (nSPS) is 15.3. The topological polar surface area (TPSA) is 90.6 Å². The molecule has 0 saturated carbocycles. The molecule has 6 nitrogen and oxygen atoms in total. The molecule has 21 heavy (non-hydrogen) atoms. The van der Waals surface area contributed by atoms with E-state index in [0.29, 0.717) is 37.2 Å². The van der Waals surface area contributed by atoms with Gasteiger partial charge in [0.25, 0.3) is 5.91 Å². The quantitative estimate of drug-likeness (QED) is 0.900. The maximum Gasteiger partial charge on any atom is 0.306 e. The zero-order chi connectivity index (χ0) is 15.2. The number of carbonyl (C=O) groups excluding carboxylic acids is 1. The lowest BCUT2D eigenvalue weighted by atomic mass is 9.97. The average Bonchev–Trinajstić information content (AvgIpc) is 2.52. The molecule has 1 aromatic carbocycles. The van der Waals surface area contributed by atoms with Crippen LogP contribution in [0.3, 0.4) is 0 Å². The second-order valence-electron chi connectivity index (χ2n) is 4.89. The highest BCUT2D eigenvalue weighted by Crippen LogP contribution is 2.19. The molecule has 0 atom stereocenters. The Morgan fingerprint density at radius 3 is 2.62 bits per heavy atom. The van der Waals surface area contributed by atoms with Crippen molar-refractivity contribution in [1.29, 1.82) is 5.26 Å². The smallest absolute Gasteiger partial charge is 0.306 e. The molecular formula is C15H16N2O4. The molecule has 0 unspecified atom stereocenters. The molecule has 0 spiro atoms. The molecule has 6 heteroatoms. The molecule has 1 saturated heterocycles. The molecule has 1 N–H and O–H groups in total. The van der Waals surface area contributed by atoms with Crippen LogP contribution in [0.5, 0.6) is 5.75 Å². The molecule has 1 heterocycles. The minimum Gasteiger partial charge on any atom is -0.482 e. The number of para-hydroxylation sites is 1. The molecule has 0 bridgehead atoms. The van der Waals surface area contributed by atoms with Crippen LogP contribution in [0.4, 0.5) is 0 Å². The predicted molar refractivity (Wildman–Crippen MR) is 73.6 cm³/mol. The number of hydrogen-bond acceptors (Lipinski definition) is 4. The average molecular weight is 288 g/mol. The highest BCUT2D eigenvalue weighted by atomic mass is 16.5. The minimum absolute atomic E-state index is 0.142. The number of nitrogens with zero attached hydrogens (tertiary/aromatic N) is 2. The molecule has 0 aromatic heterocycles. The first-order valence-corrected chi connectivity index (χ1v) is 6.74. The Hall–Kier alpha value is -2.55. The van der Waals surface area contributed by atoms with Gasteiger partial charge in [-0.05, 0) is 25.0 Å². The second kappa shape index (κ2) is 6.75. The highest BCUT2D eigenvalue weighted by molar-refractivity contribution is 5.78. The molecule has 1 fully saturated rings. The van der Waals surface area contributed by atoms with E-state index >= 15 is 0 Å². The molecule has 2 rings (SSSR count). The number of nitriles is 1. The Morgan fingerprint density at radius 2 is 2.00 bits per heavy atom. The van der Waals surface area contributed by atoms with Gasteiger partial charge in [-0.3, -0.25) is 9.59 Å². The van der Waals surface area contributed by atoms with Gasteiger partial charge in [-0.15, -0.1) is 0 Å². The number of hydrogen-bond donors (Lipinski definition) is 1. The van der Waals surface area contributed by atoms with Crippen molar-refractivity contribution >= 4 is 11.9 Å². The predicted octanol–water partition coefficient (Wildman–Crippen LogP) is 1.26. The SMILES string of the molecule is N#Cc1ccccc1OCC(=O)N1CCC(C(=O)O)CC1. The van der Waals surface area contributed by atoms with Gasteiger partial charge in [0.2, 0.25) is 0 Å². The summed E-state index contributed by atoms with van der Waals surface area (Å²) in [6, 6.07) is 8.73. The van der Waals surface area contributed by atoms with Gasteiger partial charge in [0, 0.05) is 13.1 Å². The van der Waals surface area contributed by atoms with Gasteiger partial charge in [-0.25, -0.2) is 0 Å². The first-order valence-electron chi connectivity index (χ1n) is 6.74. The maximum absolute atomic E-state index is 12.0. The maximum atomic E-state index is 12.0. The Morgan fingerprint density at radius 1 is 1.33 bits per heavy atom. The Labute approximate surface area is 122 Å². The van der Waals surface area contributed by atoms with E-state index < -0.39 is 5.97 Å². The van der Waals surface area contributed by atoms with E-state index in [9.17, 15) is 9.59 Å². The molecule has 1 aromatic rings. The number of ether oxygens (including phenoxy) is 1. The molecule has 1 aliphatic rings. The van der Waals surface area contributed by atoms with Crippen LogP contribution in [0.15, 0.2) is 24.3 Å². The number of likely N-dealkylation sites (tertiary alicyclic amines) is 1. The minimum atomic E-state index is -0.804. The molecule has 110 valence electrons. The zero-order valence-electron chi connectivity index (χ0n) is 11.5. The fourth-order valence-corrected chi connectivity index (χ4v) is 2.29. The number of carboxylic acids is 1. The fourth-order valence-electron chi connectivity index (χ4n) is 2.29. The van der Waals surface area contributed by atoms with E-state index in [0.717, 1.165) is 0 Å². The van der Waals surface area contributed by atoms with Crippen LogP contribution in [-0.2, 0) is 9.59 Å². The van der Waals surface area contributed by atoms with Gasteiger partial charge in [0.05, 0.1) is 11.5 Å². The molecule has 0 radical (unpaired) electrons. The lowest BCUT2D eigenvalue weighted by molar-refractivity contribution is -0.146. The zero-order valence-corrected chi connectivity index (χ0v) is 11.5. The van der Waals surface area contributed by atoms with E-state index in [-0.39, 0.29) is 18.4 Å². The van der Waals surface area contributed by atoms with Crippen LogP contribution in [0.2, 0.25) is 0 Å². The van der Waals surface area contributed by atoms with Crippen molar-refractivity contribution in [1.82, 2.24) is 4.90 Å². The molecular weight excluding hydrogens is 272 g/mol. The number of aliphatic carboxylic acids is 1. The van der Waals surface area contributed by atoms with Crippen LogP contribution in [0.1, 0.15) is 18.4 Å². The third kappa shape index (κ3) is 3.72. The van der Waals surface area contributed by atoms with Gasteiger partial charge < -0.3 is 14.7 Å². The number of amides is 1. The van der Waals surface area contributed by atoms with E-state index in [1.165, 1.54) is 0 Å². The van der Waals surface area contributed by atoms with Crippen LogP contribution < -0.4 is 4.74 Å². The fraction of sp³-hybridized carbons (Fsp3) is 0.400. The van der Waals surface area contributed by atoms with E-state index in [2.05, 4.69) is 0 Å². The number of rotatable bonds is 4. The van der Waals surface area contributed by atoms with Gasteiger partial charge in [-0.1, -0.05) is 12.1 Å². The Balaban J connectivity index is 1.86. The van der Waals surface area contributed by atoms with E-state index in [4.69, 9.17) is 15.1 Å². The Kier molecular flexibility index (Phi) is 4.77. The van der Waals surface area contributed by atoms with Crippen molar-refractivity contribution in [3.8, 4) is 11.8 Å². The highest BCUT2D eigenvalue weighted by Gasteiger charge is 2.27. The molecule has 1 amide bonds. The van der Waals surface area contributed by atoms with Crippen LogP contribution in [-0.4, -0.2) is 41.6 Å². The van der Waals surface area contributed by atoms with E-state index in [1.54, 1.807) is 29.2 Å². The summed E-state index contributed by atoms with van der Waals surface area (Å²) in [7, 11) is 0. The molecule has 0 aliphatic carbocycles. The third-order valence-corrected chi connectivity index (χ3v) is 3.56. The standard InChI is InChI=1S/C15H16N2O4/c16-9-12-3-1-2-4-13(12)21-10-14(18)17-7-5-11(6-8-17)15(19)20/h1-4,11H,5-8,10H2,(H,19,20). The first-order chi connectivity index (χ1) is 10.1. The van der Waals surface area contributed by atoms with Gasteiger partial charge in [0.1, 0.15) is 11.8 Å². The number of benzene rings is 1. The third-order valence-electron chi connectivity index (χ3n) is 3.56. The Bertz CT molecular complexity index is 571. The number of carbonyl (C=O) groups is 2. The lowest BCUT2D eigenvalue weighted by Gasteiger charge is -2.30. The second-order valence-corrected chi connectivity index (χ2v) is 4.89. The van der Waals surface area contributed by atoms with E-state index in [1.807, 2.05) is 6.07 Å². The lowest BCUT2D eigenvalue weighted by Crippen LogP contribution is -2.42. The van der Waals surface area contributed by atoms with Gasteiger partial charge >= 0.3 is 5.97 Å². The monoisotopic (exact) mass is 288 g/mol. The number of piperidine rings is 1. The summed E-state index contributed by atoms with van der Waals surface area (Å²) < 4.78 is 5.39. The summed E-state index contributed by atoms with van der Waals surface area (Å²) in [5.41, 5.74) is 0.384. The first kappa shape index (κ1) is 14.9. The van der Waals surface area contributed by atoms with Crippen molar-refractivity contribution in [3.05, 3.63) is 29.8 Å². The van der Waals surface area contributed by atoms with Crippen LogP contribution in [0.25, 0.3) is 0 Å². The summed E-state index contributed by atoms with van der Waals surface area (Å²) >= 11 is 0. The van der Waals surface area contributed by atoms with Crippen molar-refractivity contribution < 1.29 is 19.4 Å². The summed E-state index contributed by atoms with van der Waals surface area (Å²) in [6.07, 6.45) is 0.936.